The van der Waals surface area contributed by atoms with Crippen molar-refractivity contribution in [2.45, 2.75) is 32.2 Å². The van der Waals surface area contributed by atoms with Gasteiger partial charge < -0.3 is 4.90 Å². The quantitative estimate of drug-likeness (QED) is 0.878. The summed E-state index contributed by atoms with van der Waals surface area (Å²) in [5.41, 5.74) is 1.24. The zero-order valence-corrected chi connectivity index (χ0v) is 10.5. The summed E-state index contributed by atoms with van der Waals surface area (Å²) in [4.78, 5) is 11.1. The molecule has 2 aromatic heterocycles. The van der Waals surface area contributed by atoms with Crippen LogP contribution in [0.2, 0.25) is 0 Å². The Kier molecular flexibility index (Phi) is 2.96. The maximum atomic E-state index is 4.54. The Bertz CT molecular complexity index is 508. The van der Waals surface area contributed by atoms with Gasteiger partial charge in [-0.3, -0.25) is 5.10 Å². The summed E-state index contributed by atoms with van der Waals surface area (Å²) in [6.07, 6.45) is 9.36. The van der Waals surface area contributed by atoms with E-state index in [2.05, 4.69) is 25.1 Å². The summed E-state index contributed by atoms with van der Waals surface area (Å²) in [6.45, 7) is 2.98. The van der Waals surface area contributed by atoms with Crippen LogP contribution in [0.1, 0.15) is 36.7 Å². The zero-order chi connectivity index (χ0) is 12.4. The minimum Gasteiger partial charge on any atom is -0.349 e. The summed E-state index contributed by atoms with van der Waals surface area (Å²) in [5, 5.41) is 6.96. The van der Waals surface area contributed by atoms with Crippen molar-refractivity contribution in [1.29, 1.82) is 0 Å². The monoisotopic (exact) mass is 243 g/mol. The lowest BCUT2D eigenvalue weighted by molar-refractivity contribution is 0.469. The molecule has 18 heavy (non-hydrogen) atoms. The fraction of sp³-hybridized carbons (Fsp3) is 0.462. The van der Waals surface area contributed by atoms with E-state index in [4.69, 9.17) is 0 Å². The first-order chi connectivity index (χ1) is 8.84. The second kappa shape index (κ2) is 4.76. The fourth-order valence-electron chi connectivity index (χ4n) is 2.60. The van der Waals surface area contributed by atoms with Crippen molar-refractivity contribution in [3.05, 3.63) is 36.0 Å². The molecule has 1 atom stereocenters. The number of rotatable bonds is 2. The molecule has 0 bridgehead atoms. The van der Waals surface area contributed by atoms with Gasteiger partial charge in [-0.05, 0) is 32.3 Å². The Morgan fingerprint density at radius 3 is 3.11 bits per heavy atom. The summed E-state index contributed by atoms with van der Waals surface area (Å²) < 4.78 is 0. The van der Waals surface area contributed by atoms with Gasteiger partial charge in [-0.2, -0.15) is 5.10 Å². The van der Waals surface area contributed by atoms with Gasteiger partial charge in [-0.25, -0.2) is 9.97 Å². The number of hydrogen-bond acceptors (Lipinski definition) is 4. The van der Waals surface area contributed by atoms with Gasteiger partial charge in [-0.15, -0.1) is 0 Å². The SMILES string of the molecule is Cc1nccc(N2CCCC[C@@H]2c2cn[nH]c2)n1. The molecule has 1 N–H and O–H groups in total. The van der Waals surface area contributed by atoms with Crippen molar-refractivity contribution >= 4 is 5.82 Å². The van der Waals surface area contributed by atoms with E-state index >= 15 is 0 Å². The van der Waals surface area contributed by atoms with E-state index in [1.54, 1.807) is 0 Å². The third-order valence-electron chi connectivity index (χ3n) is 3.46. The number of nitrogens with one attached hydrogen (secondary N) is 1. The number of piperidine rings is 1. The van der Waals surface area contributed by atoms with E-state index in [-0.39, 0.29) is 0 Å². The standard InChI is InChI=1S/C13H17N5/c1-10-14-6-5-13(17-10)18-7-3-2-4-12(18)11-8-15-16-9-11/h5-6,8-9,12H,2-4,7H2,1H3,(H,15,16)/t12-/m1/s1. The molecule has 3 heterocycles. The van der Waals surface area contributed by atoms with E-state index in [0.29, 0.717) is 6.04 Å². The molecule has 2 aromatic rings. The lowest BCUT2D eigenvalue weighted by atomic mass is 9.97. The summed E-state index contributed by atoms with van der Waals surface area (Å²) >= 11 is 0. The molecule has 1 saturated heterocycles. The molecule has 1 aliphatic heterocycles. The number of H-pyrrole nitrogens is 1. The third-order valence-corrected chi connectivity index (χ3v) is 3.46. The molecule has 5 nitrogen and oxygen atoms in total. The van der Waals surface area contributed by atoms with E-state index in [0.717, 1.165) is 24.6 Å². The van der Waals surface area contributed by atoms with Crippen LogP contribution in [0, 0.1) is 6.92 Å². The number of nitrogens with zero attached hydrogens (tertiary/aromatic N) is 4. The minimum absolute atomic E-state index is 0.381. The number of aromatic nitrogens is 4. The second-order valence-electron chi connectivity index (χ2n) is 4.70. The van der Waals surface area contributed by atoms with Crippen LogP contribution in [0.4, 0.5) is 5.82 Å². The summed E-state index contributed by atoms with van der Waals surface area (Å²) in [7, 11) is 0. The topological polar surface area (TPSA) is 57.7 Å². The molecule has 0 unspecified atom stereocenters. The molecule has 0 saturated carbocycles. The van der Waals surface area contributed by atoms with Crippen molar-refractivity contribution in [3.63, 3.8) is 0 Å². The lowest BCUT2D eigenvalue weighted by Gasteiger charge is -2.36. The van der Waals surface area contributed by atoms with Crippen molar-refractivity contribution in [1.82, 2.24) is 20.2 Å². The molecule has 3 rings (SSSR count). The minimum atomic E-state index is 0.381. The van der Waals surface area contributed by atoms with Crippen LogP contribution >= 0.6 is 0 Å². The highest BCUT2D eigenvalue weighted by Gasteiger charge is 2.25. The van der Waals surface area contributed by atoms with Gasteiger partial charge in [-0.1, -0.05) is 0 Å². The fourth-order valence-corrected chi connectivity index (χ4v) is 2.60. The Hall–Kier alpha value is -1.91. The van der Waals surface area contributed by atoms with Crippen LogP contribution in [0.15, 0.2) is 24.7 Å². The Balaban J connectivity index is 1.93. The first-order valence-electron chi connectivity index (χ1n) is 6.39. The molecule has 0 radical (unpaired) electrons. The Morgan fingerprint density at radius 1 is 1.39 bits per heavy atom. The molecular weight excluding hydrogens is 226 g/mol. The molecular formula is C13H17N5. The van der Waals surface area contributed by atoms with Crippen LogP contribution < -0.4 is 4.90 Å². The highest BCUT2D eigenvalue weighted by molar-refractivity contribution is 5.41. The normalized spacial score (nSPS) is 20.1. The molecule has 94 valence electrons. The van der Waals surface area contributed by atoms with Crippen LogP contribution in [-0.2, 0) is 0 Å². The average Bonchev–Trinajstić information content (AvgIpc) is 2.92. The van der Waals surface area contributed by atoms with Crippen LogP contribution in [-0.4, -0.2) is 26.7 Å². The predicted octanol–water partition coefficient (Wildman–Crippen LogP) is 2.24. The molecule has 0 spiro atoms. The molecule has 1 fully saturated rings. The maximum Gasteiger partial charge on any atom is 0.132 e. The van der Waals surface area contributed by atoms with E-state index in [1.807, 2.05) is 31.6 Å². The van der Waals surface area contributed by atoms with Crippen LogP contribution in [0.3, 0.4) is 0 Å². The largest absolute Gasteiger partial charge is 0.349 e. The van der Waals surface area contributed by atoms with Crippen LogP contribution in [0.25, 0.3) is 0 Å². The molecule has 0 aromatic carbocycles. The van der Waals surface area contributed by atoms with Gasteiger partial charge in [0.25, 0.3) is 0 Å². The van der Waals surface area contributed by atoms with Crippen molar-refractivity contribution < 1.29 is 0 Å². The first-order valence-corrected chi connectivity index (χ1v) is 6.39. The molecule has 0 aliphatic carbocycles. The Labute approximate surface area is 106 Å². The summed E-state index contributed by atoms with van der Waals surface area (Å²) in [6, 6.07) is 2.37. The van der Waals surface area contributed by atoms with Crippen molar-refractivity contribution in [2.24, 2.45) is 0 Å². The highest BCUT2D eigenvalue weighted by atomic mass is 15.2. The maximum absolute atomic E-state index is 4.54. The van der Waals surface area contributed by atoms with Gasteiger partial charge in [0, 0.05) is 24.5 Å². The van der Waals surface area contributed by atoms with Gasteiger partial charge in [0.1, 0.15) is 11.6 Å². The Morgan fingerprint density at radius 2 is 2.33 bits per heavy atom. The zero-order valence-electron chi connectivity index (χ0n) is 10.5. The van der Waals surface area contributed by atoms with Gasteiger partial charge in [0.05, 0.1) is 12.2 Å². The van der Waals surface area contributed by atoms with E-state index in [1.165, 1.54) is 18.4 Å². The van der Waals surface area contributed by atoms with Crippen LogP contribution in [0.5, 0.6) is 0 Å². The highest BCUT2D eigenvalue weighted by Crippen LogP contribution is 2.33. The summed E-state index contributed by atoms with van der Waals surface area (Å²) in [5.74, 6) is 1.84. The number of aromatic amines is 1. The number of hydrogen-bond donors (Lipinski definition) is 1. The molecule has 1 aliphatic rings. The number of aryl methyl sites for hydroxylation is 1. The predicted molar refractivity (Wildman–Crippen MR) is 69.3 cm³/mol. The van der Waals surface area contributed by atoms with E-state index < -0.39 is 0 Å². The lowest BCUT2D eigenvalue weighted by Crippen LogP contribution is -2.34. The average molecular weight is 243 g/mol. The molecule has 5 heteroatoms. The van der Waals surface area contributed by atoms with Crippen molar-refractivity contribution in [3.8, 4) is 0 Å². The first kappa shape index (κ1) is 11.2. The van der Waals surface area contributed by atoms with Gasteiger partial charge in [0.15, 0.2) is 0 Å². The van der Waals surface area contributed by atoms with Gasteiger partial charge >= 0.3 is 0 Å². The van der Waals surface area contributed by atoms with Crippen molar-refractivity contribution in [2.75, 3.05) is 11.4 Å². The van der Waals surface area contributed by atoms with E-state index in [9.17, 15) is 0 Å². The number of anilines is 1. The third kappa shape index (κ3) is 2.08. The smallest absolute Gasteiger partial charge is 0.132 e. The second-order valence-corrected chi connectivity index (χ2v) is 4.70. The molecule has 0 amide bonds. The van der Waals surface area contributed by atoms with Gasteiger partial charge in [0.2, 0.25) is 0 Å².